The minimum Gasteiger partial charge on any atom is -0.496 e. The number of benzene rings is 8. The number of rotatable bonds is 16. The fraction of sp³-hybridized carbons (Fsp3) is 0.368. The molecule has 12 heteroatoms. The van der Waals surface area contributed by atoms with Gasteiger partial charge in [-0.3, -0.25) is 19.6 Å². The predicted octanol–water partition coefficient (Wildman–Crippen LogP) is 14.2. The van der Waals surface area contributed by atoms with Gasteiger partial charge >= 0.3 is 0 Å². The summed E-state index contributed by atoms with van der Waals surface area (Å²) in [6.07, 6.45) is 6.24. The first kappa shape index (κ1) is 59.0. The van der Waals surface area contributed by atoms with Gasteiger partial charge in [-0.05, 0) is 126 Å². The normalized spacial score (nSPS) is 19.1. The maximum absolute atomic E-state index is 7.19. The molecule has 8 bridgehead atoms. The summed E-state index contributed by atoms with van der Waals surface area (Å²) in [6.45, 7) is 4.24. The molecule has 0 amide bonds. The number of aryl methyl sites for hydroxylation is 4. The van der Waals surface area contributed by atoms with E-state index in [-0.39, 0.29) is 23.7 Å². The van der Waals surface area contributed by atoms with Crippen LogP contribution in [0.2, 0.25) is 0 Å². The number of nitrogens with zero attached hydrogens (tertiary/aromatic N) is 4. The van der Waals surface area contributed by atoms with Crippen molar-refractivity contribution < 1.29 is 37.9 Å². The van der Waals surface area contributed by atoms with Gasteiger partial charge in [-0.1, -0.05) is 121 Å². The molecule has 4 unspecified atom stereocenters. The average Bonchev–Trinajstić information content (AvgIpc) is 0.931. The molecule has 0 fully saturated rings. The maximum atomic E-state index is 7.19. The van der Waals surface area contributed by atoms with Crippen LogP contribution in [0.5, 0.6) is 46.0 Å². The largest absolute Gasteiger partial charge is 0.496 e. The zero-order valence-electron chi connectivity index (χ0n) is 52.5. The lowest BCUT2D eigenvalue weighted by Crippen LogP contribution is -2.32. The van der Waals surface area contributed by atoms with Crippen LogP contribution in [0.3, 0.4) is 0 Å². The molecular weight excluding hydrogens is 1100 g/mol. The van der Waals surface area contributed by atoms with Crippen molar-refractivity contribution in [3.8, 4) is 46.0 Å². The second-order valence-electron chi connectivity index (χ2n) is 25.0. The summed E-state index contributed by atoms with van der Waals surface area (Å²) in [6, 6.07) is 53.5. The second kappa shape index (κ2) is 26.0. The number of methoxy groups -OCH3 is 4. The molecule has 13 rings (SSSR count). The Hall–Kier alpha value is -8.00. The van der Waals surface area contributed by atoms with Crippen molar-refractivity contribution >= 4 is 0 Å². The molecule has 0 saturated carbocycles. The summed E-state index contributed by atoms with van der Waals surface area (Å²) in [5, 5.41) is 0. The van der Waals surface area contributed by atoms with E-state index < -0.39 is 0 Å². The molecule has 88 heavy (non-hydrogen) atoms. The van der Waals surface area contributed by atoms with E-state index >= 15 is 0 Å². The number of hydrogen-bond acceptors (Lipinski definition) is 12. The first-order valence-corrected chi connectivity index (χ1v) is 31.5. The van der Waals surface area contributed by atoms with Crippen LogP contribution in [-0.4, -0.2) is 103 Å². The molecule has 0 aromatic heterocycles. The fourth-order valence-corrected chi connectivity index (χ4v) is 15.0. The van der Waals surface area contributed by atoms with Crippen LogP contribution in [0.15, 0.2) is 146 Å². The van der Waals surface area contributed by atoms with Crippen molar-refractivity contribution in [2.24, 2.45) is 0 Å². The van der Waals surface area contributed by atoms with Gasteiger partial charge in [0.1, 0.15) is 72.9 Å². The third kappa shape index (κ3) is 11.6. The second-order valence-corrected chi connectivity index (χ2v) is 25.0. The third-order valence-electron chi connectivity index (χ3n) is 19.0. The molecule has 0 radical (unpaired) electrons. The lowest BCUT2D eigenvalue weighted by atomic mass is 9.74. The topological polar surface area (TPSA) is 86.8 Å². The zero-order chi connectivity index (χ0) is 60.4. The Balaban J connectivity index is 1.20. The van der Waals surface area contributed by atoms with Gasteiger partial charge < -0.3 is 37.9 Å². The van der Waals surface area contributed by atoms with Crippen molar-refractivity contribution in [3.05, 3.63) is 235 Å². The van der Waals surface area contributed by atoms with E-state index in [2.05, 4.69) is 193 Å². The summed E-state index contributed by atoms with van der Waals surface area (Å²) in [5.74, 6) is 5.90. The van der Waals surface area contributed by atoms with Gasteiger partial charge in [0.05, 0.1) is 50.7 Å². The van der Waals surface area contributed by atoms with Crippen LogP contribution >= 0.6 is 0 Å². The van der Waals surface area contributed by atoms with Gasteiger partial charge in [-0.2, -0.15) is 0 Å². The standard InChI is InChI=1S/C76H84N4O8/c1-77-41-65-69(81-5)57-37-61(73(65)85-45-77)54(34-30-50-23-15-10-16-24-50)58-38-63(75-66(70(58)82-6)42-78(2)47-87-75)56(36-32-52-27-19-12-20-28-52)60-40-64(76-68(72(60)84-8)44-80(4)48-88-76)55(35-31-51-25-17-11-18-26-51)59-39-62(53(57)33-29-49-21-13-9-14-22-49)74-67(71(59)83-7)43-79(3)46-86-74/h9-28,37-40,53-56H,29-36,41-48H2,1-8H3. The number of ether oxygens (including phenoxy) is 8. The quantitative estimate of drug-likeness (QED) is 0.0923. The van der Waals surface area contributed by atoms with Crippen molar-refractivity contribution in [3.63, 3.8) is 0 Å². The molecule has 5 aliphatic rings. The maximum Gasteiger partial charge on any atom is 0.142 e. The molecule has 12 nitrogen and oxygen atoms in total. The van der Waals surface area contributed by atoms with Gasteiger partial charge in [0, 0.05) is 94.4 Å². The lowest BCUT2D eigenvalue weighted by Gasteiger charge is -2.38. The molecule has 4 aliphatic heterocycles. The van der Waals surface area contributed by atoms with Gasteiger partial charge in [-0.15, -0.1) is 0 Å². The highest BCUT2D eigenvalue weighted by Gasteiger charge is 2.41. The summed E-state index contributed by atoms with van der Waals surface area (Å²) in [4.78, 5) is 8.98. The third-order valence-corrected chi connectivity index (χ3v) is 19.0. The fourth-order valence-electron chi connectivity index (χ4n) is 15.0. The molecule has 0 N–H and O–H groups in total. The Kier molecular flexibility index (Phi) is 17.4. The Morgan fingerprint density at radius 2 is 0.511 bits per heavy atom. The predicted molar refractivity (Wildman–Crippen MR) is 346 cm³/mol. The summed E-state index contributed by atoms with van der Waals surface area (Å²) in [5.41, 5.74) is 18.0. The summed E-state index contributed by atoms with van der Waals surface area (Å²) < 4.78 is 56.5. The first-order chi connectivity index (χ1) is 43.1. The van der Waals surface area contributed by atoms with E-state index in [0.29, 0.717) is 53.1 Å². The lowest BCUT2D eigenvalue weighted by molar-refractivity contribution is 0.116. The van der Waals surface area contributed by atoms with Crippen LogP contribution in [-0.2, 0) is 51.9 Å². The SMILES string of the molecule is COc1c2cc(c3c1CN(C)CO3)C(CCc1ccccc1)c1cc(c3c(c1OC)CN(C)CO3)C(CCc1ccccc1)c1cc(c3c(c1OC)CN(C)CO3)C(CCc1ccccc1)c1cc(c3c(c1OC)CN(C)CO3)C2CCc1ccccc1. The minimum absolute atomic E-state index is 0.235. The number of fused-ring (bicyclic) bond motifs is 16. The molecular formula is C76H84N4O8. The Morgan fingerprint density at radius 3 is 0.705 bits per heavy atom. The Labute approximate surface area is 520 Å². The van der Waals surface area contributed by atoms with Crippen molar-refractivity contribution in [1.29, 1.82) is 0 Å². The Bertz CT molecular complexity index is 3190. The first-order valence-electron chi connectivity index (χ1n) is 31.5. The van der Waals surface area contributed by atoms with Gasteiger partial charge in [0.25, 0.3) is 0 Å². The summed E-state index contributed by atoms with van der Waals surface area (Å²) in [7, 11) is 15.9. The molecule has 0 saturated heterocycles. The van der Waals surface area contributed by atoms with E-state index in [1.54, 1.807) is 0 Å². The van der Waals surface area contributed by atoms with Crippen LogP contribution in [0.25, 0.3) is 0 Å². The highest BCUT2D eigenvalue weighted by Crippen LogP contribution is 2.58. The van der Waals surface area contributed by atoms with Crippen LogP contribution < -0.4 is 37.9 Å². The van der Waals surface area contributed by atoms with E-state index in [9.17, 15) is 0 Å². The van der Waals surface area contributed by atoms with Crippen molar-refractivity contribution in [2.75, 3.05) is 83.6 Å². The minimum atomic E-state index is -0.235. The van der Waals surface area contributed by atoms with E-state index in [1.807, 2.05) is 28.4 Å². The highest BCUT2D eigenvalue weighted by atomic mass is 16.5. The molecule has 456 valence electrons. The monoisotopic (exact) mass is 1180 g/mol. The van der Waals surface area contributed by atoms with Crippen LogP contribution in [0, 0.1) is 0 Å². The molecule has 0 spiro atoms. The summed E-state index contributed by atoms with van der Waals surface area (Å²) >= 11 is 0. The van der Waals surface area contributed by atoms with Gasteiger partial charge in [0.2, 0.25) is 0 Å². The van der Waals surface area contributed by atoms with Gasteiger partial charge in [0.15, 0.2) is 0 Å². The molecule has 8 aromatic rings. The van der Waals surface area contributed by atoms with Crippen molar-refractivity contribution in [2.45, 2.75) is 101 Å². The Morgan fingerprint density at radius 1 is 0.307 bits per heavy atom. The number of hydrogen-bond donors (Lipinski definition) is 0. The van der Waals surface area contributed by atoms with E-state index in [1.165, 1.54) is 22.3 Å². The van der Waals surface area contributed by atoms with E-state index in [0.717, 1.165) is 164 Å². The van der Waals surface area contributed by atoms with Crippen LogP contribution in [0.4, 0.5) is 0 Å². The van der Waals surface area contributed by atoms with E-state index in [4.69, 9.17) is 37.9 Å². The molecule has 4 heterocycles. The van der Waals surface area contributed by atoms with Crippen LogP contribution in [0.1, 0.15) is 138 Å². The average molecular weight is 1180 g/mol. The zero-order valence-corrected chi connectivity index (χ0v) is 52.5. The van der Waals surface area contributed by atoms with Gasteiger partial charge in [-0.25, -0.2) is 0 Å². The smallest absolute Gasteiger partial charge is 0.142 e. The molecule has 8 aromatic carbocycles. The van der Waals surface area contributed by atoms with Crippen molar-refractivity contribution in [1.82, 2.24) is 19.6 Å². The molecule has 4 atom stereocenters. The highest BCUT2D eigenvalue weighted by molar-refractivity contribution is 5.70. The molecule has 1 aliphatic carbocycles.